The highest BCUT2D eigenvalue weighted by Gasteiger charge is 2.43. The molecule has 0 unspecified atom stereocenters. The molecule has 0 saturated carbocycles. The van der Waals surface area contributed by atoms with Crippen LogP contribution in [0, 0.1) is 23.0 Å². The van der Waals surface area contributed by atoms with Crippen molar-refractivity contribution in [3.8, 4) is 22.9 Å². The van der Waals surface area contributed by atoms with E-state index in [1.165, 1.54) is 6.20 Å². The van der Waals surface area contributed by atoms with Crippen LogP contribution in [0.15, 0.2) is 55.0 Å². The summed E-state index contributed by atoms with van der Waals surface area (Å²) in [6, 6.07) is 11.0. The topological polar surface area (TPSA) is 117 Å². The molecule has 1 aromatic carbocycles. The predicted molar refractivity (Wildman–Crippen MR) is 173 cm³/mol. The van der Waals surface area contributed by atoms with Gasteiger partial charge in [-0.1, -0.05) is 0 Å². The Morgan fingerprint density at radius 3 is 2.50 bits per heavy atom. The lowest BCUT2D eigenvalue weighted by Crippen LogP contribution is -2.62. The number of fused-ring (bicyclic) bond motifs is 1. The monoisotopic (exact) mass is 657 g/mol. The lowest BCUT2D eigenvalue weighted by Gasteiger charge is -2.47. The first-order valence-electron chi connectivity index (χ1n) is 16.3. The molecule has 1 N–H and O–H groups in total. The van der Waals surface area contributed by atoms with E-state index in [2.05, 4.69) is 26.3 Å². The van der Waals surface area contributed by atoms with E-state index in [1.54, 1.807) is 16.9 Å². The molecule has 3 aliphatic heterocycles. The Hall–Kier alpha value is -4.64. The van der Waals surface area contributed by atoms with E-state index in [0.29, 0.717) is 69.1 Å². The second kappa shape index (κ2) is 13.1. The molecule has 3 fully saturated rings. The maximum Gasteiger partial charge on any atom is 0.254 e. The first kappa shape index (κ1) is 31.9. The van der Waals surface area contributed by atoms with Gasteiger partial charge in [-0.3, -0.25) is 4.79 Å². The fourth-order valence-electron chi connectivity index (χ4n) is 7.11. The summed E-state index contributed by atoms with van der Waals surface area (Å²) in [7, 11) is 0. The molecule has 7 rings (SSSR count). The van der Waals surface area contributed by atoms with Crippen LogP contribution in [0.25, 0.3) is 16.6 Å². The van der Waals surface area contributed by atoms with Crippen molar-refractivity contribution in [2.45, 2.75) is 43.9 Å². The molecule has 1 spiro atoms. The molecular weight excluding hydrogens is 620 g/mol. The molecule has 3 aromatic heterocycles. The molecule has 11 nitrogen and oxygen atoms in total. The van der Waals surface area contributed by atoms with E-state index in [0.717, 1.165) is 61.1 Å². The first-order valence-corrected chi connectivity index (χ1v) is 16.3. The highest BCUT2D eigenvalue weighted by Crippen LogP contribution is 2.35. The number of ether oxygens (including phenoxy) is 3. The van der Waals surface area contributed by atoms with E-state index >= 15 is 0 Å². The van der Waals surface area contributed by atoms with Gasteiger partial charge in [0.2, 0.25) is 0 Å². The number of carbonyl (C=O) groups excluding carboxylic acids is 1. The number of halogens is 2. The van der Waals surface area contributed by atoms with Gasteiger partial charge >= 0.3 is 0 Å². The van der Waals surface area contributed by atoms with Crippen molar-refractivity contribution in [1.29, 1.82) is 5.26 Å². The number of likely N-dealkylation sites (tertiary alicyclic amines) is 1. The van der Waals surface area contributed by atoms with E-state index in [9.17, 15) is 18.8 Å². The van der Waals surface area contributed by atoms with E-state index in [1.807, 2.05) is 25.1 Å². The first-order chi connectivity index (χ1) is 23.3. The fourth-order valence-corrected chi connectivity index (χ4v) is 7.11. The molecule has 4 aromatic rings. The van der Waals surface area contributed by atoms with Crippen molar-refractivity contribution in [3.05, 3.63) is 77.8 Å². The Labute approximate surface area is 277 Å². The van der Waals surface area contributed by atoms with Gasteiger partial charge in [0.25, 0.3) is 5.91 Å². The molecule has 0 bridgehead atoms. The van der Waals surface area contributed by atoms with Gasteiger partial charge in [0.1, 0.15) is 29.3 Å². The molecule has 48 heavy (non-hydrogen) atoms. The molecule has 250 valence electrons. The van der Waals surface area contributed by atoms with Crippen LogP contribution in [0.5, 0.6) is 5.75 Å². The number of carbonyl (C=O) groups is 1. The number of benzene rings is 1. The van der Waals surface area contributed by atoms with Crippen molar-refractivity contribution in [2.75, 3.05) is 57.4 Å². The van der Waals surface area contributed by atoms with Crippen molar-refractivity contribution in [1.82, 2.24) is 24.8 Å². The molecule has 6 heterocycles. The Morgan fingerprint density at radius 1 is 1.04 bits per heavy atom. The lowest BCUT2D eigenvalue weighted by molar-refractivity contribution is -0.186. The highest BCUT2D eigenvalue weighted by molar-refractivity contribution is 5.95. The number of aromatic nitrogens is 3. The zero-order chi connectivity index (χ0) is 33.3. The van der Waals surface area contributed by atoms with Gasteiger partial charge < -0.3 is 29.3 Å². The van der Waals surface area contributed by atoms with Crippen LogP contribution < -0.4 is 15.0 Å². The number of hydrogen-bond acceptors (Lipinski definition) is 9. The summed E-state index contributed by atoms with van der Waals surface area (Å²) in [5.74, 6) is -1.17. The van der Waals surface area contributed by atoms with Crippen LogP contribution in [0.2, 0.25) is 0 Å². The standard InChI is InChI=1S/C35H37F2N7O4/c1-2-46-27-18-28(32-25(19-38)21-40-44(32)22-27)24-3-6-31(39-20-24)43-13-7-34(8-14-43,41-33(45)29-17-26(36)4-5-30(29)37)23-42-11-9-35(10-12-42)47-15-16-48-35/h3-6,17-18,20-22H,2,7-16,23H2,1H3,(H,41,45). The Balaban J connectivity index is 1.10. The Bertz CT molecular complexity index is 1830. The van der Waals surface area contributed by atoms with Crippen LogP contribution in [-0.2, 0) is 9.47 Å². The molecule has 0 atom stereocenters. The molecule has 0 aliphatic carbocycles. The SMILES string of the molecule is CCOc1cc(-c2ccc(N3CCC(CN4CCC5(CC4)OCCO5)(NC(=O)c4cc(F)ccc4F)CC3)nc2)c2c(C#N)cnn2c1. The van der Waals surface area contributed by atoms with E-state index in [-0.39, 0.29) is 5.56 Å². The number of anilines is 1. The minimum atomic E-state index is -0.761. The zero-order valence-electron chi connectivity index (χ0n) is 26.8. The van der Waals surface area contributed by atoms with Crippen LogP contribution in [0.3, 0.4) is 0 Å². The average molecular weight is 658 g/mol. The summed E-state index contributed by atoms with van der Waals surface area (Å²) in [4.78, 5) is 22.7. The number of nitrogens with one attached hydrogen (secondary N) is 1. The van der Waals surface area contributed by atoms with Crippen molar-refractivity contribution in [3.63, 3.8) is 0 Å². The van der Waals surface area contributed by atoms with Gasteiger partial charge in [0, 0.05) is 62.9 Å². The average Bonchev–Trinajstić information content (AvgIpc) is 3.74. The van der Waals surface area contributed by atoms with Gasteiger partial charge in [0.15, 0.2) is 5.79 Å². The molecule has 3 aliphatic rings. The second-order valence-electron chi connectivity index (χ2n) is 12.6. The number of rotatable bonds is 8. The smallest absolute Gasteiger partial charge is 0.254 e. The predicted octanol–water partition coefficient (Wildman–Crippen LogP) is 4.55. The number of piperidine rings is 2. The number of pyridine rings is 2. The zero-order valence-corrected chi connectivity index (χ0v) is 26.8. The third kappa shape index (κ3) is 6.31. The normalized spacial score (nSPS) is 19.0. The molecular formula is C35H37F2N7O4. The summed E-state index contributed by atoms with van der Waals surface area (Å²) in [6.45, 7) is 6.81. The summed E-state index contributed by atoms with van der Waals surface area (Å²) in [5.41, 5.74) is 1.76. The summed E-state index contributed by atoms with van der Waals surface area (Å²) >= 11 is 0. The minimum absolute atomic E-state index is 0.306. The molecule has 0 radical (unpaired) electrons. The Morgan fingerprint density at radius 2 is 1.81 bits per heavy atom. The minimum Gasteiger partial charge on any atom is -0.492 e. The summed E-state index contributed by atoms with van der Waals surface area (Å²) < 4.78 is 47.8. The second-order valence-corrected chi connectivity index (χ2v) is 12.6. The van der Waals surface area contributed by atoms with Gasteiger partial charge in [-0.15, -0.1) is 0 Å². The quantitative estimate of drug-likeness (QED) is 0.291. The summed E-state index contributed by atoms with van der Waals surface area (Å²) in [5, 5.41) is 17.1. The fraction of sp³-hybridized carbons (Fsp3) is 0.429. The van der Waals surface area contributed by atoms with Crippen LogP contribution in [0.4, 0.5) is 14.6 Å². The van der Waals surface area contributed by atoms with Crippen molar-refractivity contribution < 1.29 is 27.8 Å². The van der Waals surface area contributed by atoms with Crippen molar-refractivity contribution in [2.24, 2.45) is 0 Å². The van der Waals surface area contributed by atoms with Gasteiger partial charge in [-0.2, -0.15) is 10.4 Å². The maximum absolute atomic E-state index is 14.6. The Kier molecular flexibility index (Phi) is 8.72. The van der Waals surface area contributed by atoms with Crippen LogP contribution >= 0.6 is 0 Å². The number of hydrogen-bond donors (Lipinski definition) is 1. The molecule has 3 saturated heterocycles. The van der Waals surface area contributed by atoms with Crippen LogP contribution in [0.1, 0.15) is 48.5 Å². The maximum atomic E-state index is 14.6. The molecule has 1 amide bonds. The third-order valence-corrected chi connectivity index (χ3v) is 9.63. The largest absolute Gasteiger partial charge is 0.492 e. The van der Waals surface area contributed by atoms with Gasteiger partial charge in [-0.25, -0.2) is 18.3 Å². The summed E-state index contributed by atoms with van der Waals surface area (Å²) in [6.07, 6.45) is 7.68. The van der Waals surface area contributed by atoms with Crippen LogP contribution in [-0.4, -0.2) is 89.3 Å². The number of nitrogens with zero attached hydrogens (tertiary/aromatic N) is 6. The van der Waals surface area contributed by atoms with E-state index in [4.69, 9.17) is 19.2 Å². The van der Waals surface area contributed by atoms with Gasteiger partial charge in [0.05, 0.1) is 54.4 Å². The van der Waals surface area contributed by atoms with Gasteiger partial charge in [-0.05, 0) is 56.2 Å². The molecule has 13 heteroatoms. The van der Waals surface area contributed by atoms with E-state index < -0.39 is 28.9 Å². The lowest BCUT2D eigenvalue weighted by atomic mass is 9.85. The number of nitriles is 1. The van der Waals surface area contributed by atoms with Crippen molar-refractivity contribution >= 4 is 17.2 Å². The number of amides is 1. The highest BCUT2D eigenvalue weighted by atomic mass is 19.1. The third-order valence-electron chi connectivity index (χ3n) is 9.63.